The third-order valence-corrected chi connectivity index (χ3v) is 8.03. The predicted octanol–water partition coefficient (Wildman–Crippen LogP) is 3.11. The van der Waals surface area contributed by atoms with Crippen molar-refractivity contribution in [1.82, 2.24) is 9.29 Å². The Kier molecular flexibility index (Phi) is 6.05. The number of hydrogen-bond acceptors (Lipinski definition) is 6. The van der Waals surface area contributed by atoms with Crippen molar-refractivity contribution in [2.75, 3.05) is 25.1 Å². The molecule has 3 aromatic rings. The summed E-state index contributed by atoms with van der Waals surface area (Å²) in [5.41, 5.74) is 3.13. The summed E-state index contributed by atoms with van der Waals surface area (Å²) in [6.07, 6.45) is 5.33. The molecule has 1 saturated heterocycles. The minimum atomic E-state index is -3.19. The number of nitrogens with zero attached hydrogens (tertiary/aromatic N) is 2. The largest absolute Gasteiger partial charge is 0.487 e. The number of rotatable bonds is 9. The van der Waals surface area contributed by atoms with Crippen LogP contribution >= 0.6 is 0 Å². The highest BCUT2D eigenvalue weighted by Gasteiger charge is 2.35. The number of nitrogens with one attached hydrogen (secondary N) is 1. The van der Waals surface area contributed by atoms with Crippen LogP contribution in [0.15, 0.2) is 67.0 Å². The number of methoxy groups -OCH3 is 1. The Labute approximate surface area is 199 Å². The van der Waals surface area contributed by atoms with Crippen LogP contribution in [0.25, 0.3) is 5.69 Å². The molecule has 0 spiro atoms. The summed E-state index contributed by atoms with van der Waals surface area (Å²) in [6, 6.07) is 17.0. The molecule has 34 heavy (non-hydrogen) atoms. The number of hydrogen-bond donors (Lipinski definition) is 1. The normalized spacial score (nSPS) is 16.2. The lowest BCUT2D eigenvalue weighted by atomic mass is 10.1. The summed E-state index contributed by atoms with van der Waals surface area (Å²) in [5, 5.41) is -0.219. The highest BCUT2D eigenvalue weighted by Crippen LogP contribution is 2.33. The van der Waals surface area contributed by atoms with E-state index in [-0.39, 0.29) is 23.9 Å². The van der Waals surface area contributed by atoms with Gasteiger partial charge < -0.3 is 18.9 Å². The van der Waals surface area contributed by atoms with E-state index in [4.69, 9.17) is 9.47 Å². The Morgan fingerprint density at radius 3 is 2.38 bits per heavy atom. The Balaban J connectivity index is 1.22. The van der Waals surface area contributed by atoms with Crippen LogP contribution in [0.3, 0.4) is 0 Å². The van der Waals surface area contributed by atoms with Crippen molar-refractivity contribution < 1.29 is 22.7 Å². The molecule has 0 radical (unpaired) electrons. The van der Waals surface area contributed by atoms with Gasteiger partial charge in [0.25, 0.3) is 0 Å². The summed E-state index contributed by atoms with van der Waals surface area (Å²) >= 11 is 0. The zero-order valence-electron chi connectivity index (χ0n) is 18.9. The molecule has 2 heterocycles. The van der Waals surface area contributed by atoms with Gasteiger partial charge >= 0.3 is 5.97 Å². The van der Waals surface area contributed by atoms with E-state index in [1.165, 1.54) is 7.11 Å². The van der Waals surface area contributed by atoms with E-state index in [9.17, 15) is 13.2 Å². The molecule has 178 valence electrons. The van der Waals surface area contributed by atoms with Crippen LogP contribution in [0.4, 0.5) is 5.69 Å². The number of carbonyl (C=O) groups is 1. The lowest BCUT2D eigenvalue weighted by Gasteiger charge is -2.41. The SMILES string of the molecule is COC(=O)c1cccc(N2CC(Oc3ccc(CNS(=O)(=O)C4CC4)cc3)C2)c1-n1cccc1. The Morgan fingerprint density at radius 2 is 1.74 bits per heavy atom. The highest BCUT2D eigenvalue weighted by molar-refractivity contribution is 7.90. The second-order valence-corrected chi connectivity index (χ2v) is 10.7. The maximum absolute atomic E-state index is 12.4. The monoisotopic (exact) mass is 481 g/mol. The third-order valence-electron chi connectivity index (χ3n) is 6.14. The first-order valence-electron chi connectivity index (χ1n) is 11.3. The fourth-order valence-electron chi connectivity index (χ4n) is 4.08. The number of benzene rings is 2. The van der Waals surface area contributed by atoms with Crippen LogP contribution in [0, 0.1) is 0 Å². The lowest BCUT2D eigenvalue weighted by molar-refractivity contribution is 0.0600. The number of carbonyl (C=O) groups excluding carboxylic acids is 1. The van der Waals surface area contributed by atoms with Crippen LogP contribution in [-0.4, -0.2) is 50.5 Å². The van der Waals surface area contributed by atoms with Gasteiger partial charge in [-0.05, 0) is 54.8 Å². The molecule has 8 nitrogen and oxygen atoms in total. The van der Waals surface area contributed by atoms with Crippen molar-refractivity contribution in [3.05, 3.63) is 78.1 Å². The van der Waals surface area contributed by atoms with Gasteiger partial charge in [-0.2, -0.15) is 0 Å². The Hall–Kier alpha value is -3.30. The van der Waals surface area contributed by atoms with Gasteiger partial charge in [-0.3, -0.25) is 0 Å². The summed E-state index contributed by atoms with van der Waals surface area (Å²) < 4.78 is 39.6. The summed E-state index contributed by atoms with van der Waals surface area (Å²) in [4.78, 5) is 14.5. The van der Waals surface area contributed by atoms with E-state index in [2.05, 4.69) is 9.62 Å². The zero-order valence-corrected chi connectivity index (χ0v) is 19.7. The van der Waals surface area contributed by atoms with E-state index >= 15 is 0 Å². The van der Waals surface area contributed by atoms with E-state index in [0.29, 0.717) is 18.7 Å². The molecule has 1 aliphatic heterocycles. The number of anilines is 1. The lowest BCUT2D eigenvalue weighted by Crippen LogP contribution is -2.54. The second kappa shape index (κ2) is 9.15. The summed E-state index contributed by atoms with van der Waals surface area (Å²) in [5.74, 6) is 0.366. The molecule has 1 aromatic heterocycles. The zero-order chi connectivity index (χ0) is 23.7. The fourth-order valence-corrected chi connectivity index (χ4v) is 5.44. The second-order valence-electron chi connectivity index (χ2n) is 8.61. The molecule has 0 unspecified atom stereocenters. The molecule has 2 aliphatic rings. The van der Waals surface area contributed by atoms with Gasteiger partial charge in [-0.1, -0.05) is 18.2 Å². The Morgan fingerprint density at radius 1 is 1.03 bits per heavy atom. The maximum atomic E-state index is 12.4. The molecule has 1 saturated carbocycles. The average Bonchev–Trinajstić information content (AvgIpc) is 3.56. The van der Waals surface area contributed by atoms with Gasteiger partial charge in [-0.25, -0.2) is 17.9 Å². The van der Waals surface area contributed by atoms with E-state index in [0.717, 1.165) is 35.5 Å². The molecule has 5 rings (SSSR count). The molecule has 1 N–H and O–H groups in total. The molecule has 2 aromatic carbocycles. The minimum absolute atomic E-state index is 0.0125. The van der Waals surface area contributed by atoms with Crippen LogP contribution < -0.4 is 14.4 Å². The van der Waals surface area contributed by atoms with E-state index in [1.54, 1.807) is 6.07 Å². The number of aromatic nitrogens is 1. The minimum Gasteiger partial charge on any atom is -0.487 e. The van der Waals surface area contributed by atoms with Crippen molar-refractivity contribution in [3.63, 3.8) is 0 Å². The number of sulfonamides is 1. The quantitative estimate of drug-likeness (QED) is 0.473. The average molecular weight is 482 g/mol. The van der Waals surface area contributed by atoms with Crippen molar-refractivity contribution in [2.24, 2.45) is 0 Å². The van der Waals surface area contributed by atoms with Gasteiger partial charge in [0.15, 0.2) is 0 Å². The molecule has 0 amide bonds. The third kappa shape index (κ3) is 4.67. The van der Waals surface area contributed by atoms with Crippen molar-refractivity contribution in [3.8, 4) is 11.4 Å². The van der Waals surface area contributed by atoms with E-state index < -0.39 is 10.0 Å². The number of para-hydroxylation sites is 1. The molecule has 0 bridgehead atoms. The summed E-state index contributed by atoms with van der Waals surface area (Å²) in [6.45, 7) is 1.65. The number of ether oxygens (including phenoxy) is 2. The van der Waals surface area contributed by atoms with Crippen molar-refractivity contribution in [2.45, 2.75) is 30.7 Å². The van der Waals surface area contributed by atoms with E-state index in [1.807, 2.05) is 65.5 Å². The smallest absolute Gasteiger partial charge is 0.340 e. The van der Waals surface area contributed by atoms with Crippen LogP contribution in [-0.2, 0) is 21.3 Å². The Bertz CT molecular complexity index is 1260. The topological polar surface area (TPSA) is 89.9 Å². The van der Waals surface area contributed by atoms with Crippen molar-refractivity contribution >= 4 is 21.7 Å². The van der Waals surface area contributed by atoms with Crippen LogP contribution in [0.5, 0.6) is 5.75 Å². The molecule has 2 fully saturated rings. The highest BCUT2D eigenvalue weighted by atomic mass is 32.2. The fraction of sp³-hybridized carbons (Fsp3) is 0.320. The molecular weight excluding hydrogens is 454 g/mol. The standard InChI is InChI=1S/C25H27N3O5S/c1-32-25(29)22-5-4-6-23(24(22)27-13-2-3-14-27)28-16-20(17-28)33-19-9-7-18(8-10-19)15-26-34(30,31)21-11-12-21/h2-10,13-14,20-21,26H,11-12,15-17H2,1H3. The first-order chi connectivity index (χ1) is 16.4. The first kappa shape index (κ1) is 22.5. The molecule has 1 aliphatic carbocycles. The number of esters is 1. The molecular formula is C25H27N3O5S. The van der Waals surface area contributed by atoms with Crippen LogP contribution in [0.1, 0.15) is 28.8 Å². The van der Waals surface area contributed by atoms with Gasteiger partial charge in [0.2, 0.25) is 10.0 Å². The van der Waals surface area contributed by atoms with Gasteiger partial charge in [0.1, 0.15) is 11.9 Å². The van der Waals surface area contributed by atoms with Crippen molar-refractivity contribution in [1.29, 1.82) is 0 Å². The van der Waals surface area contributed by atoms with Crippen LogP contribution in [0.2, 0.25) is 0 Å². The van der Waals surface area contributed by atoms with Gasteiger partial charge in [0.05, 0.1) is 42.4 Å². The first-order valence-corrected chi connectivity index (χ1v) is 12.8. The molecule has 0 atom stereocenters. The predicted molar refractivity (Wildman–Crippen MR) is 129 cm³/mol. The van der Waals surface area contributed by atoms with Gasteiger partial charge in [0, 0.05) is 18.9 Å². The molecule has 9 heteroatoms. The van der Waals surface area contributed by atoms with Gasteiger partial charge in [-0.15, -0.1) is 0 Å². The summed E-state index contributed by atoms with van der Waals surface area (Å²) in [7, 11) is -1.81. The maximum Gasteiger partial charge on any atom is 0.340 e.